The van der Waals surface area contributed by atoms with Crippen LogP contribution in [-0.4, -0.2) is 34.6 Å². The fraction of sp³-hybridized carbons (Fsp3) is 0.840. The number of allylic oxidation sites excluding steroid dienone is 3. The zero-order valence-corrected chi connectivity index (χ0v) is 18.5. The zero-order valence-electron chi connectivity index (χ0n) is 18.5. The Bertz CT molecular complexity index is 585. The van der Waals surface area contributed by atoms with Crippen LogP contribution in [0.2, 0.25) is 0 Å². The Morgan fingerprint density at radius 1 is 1.18 bits per heavy atom. The number of aliphatic hydroxyl groups is 2. The van der Waals surface area contributed by atoms with E-state index in [1.807, 2.05) is 13.8 Å². The fourth-order valence-corrected chi connectivity index (χ4v) is 6.11. The van der Waals surface area contributed by atoms with E-state index < -0.39 is 5.60 Å². The summed E-state index contributed by atoms with van der Waals surface area (Å²) in [4.78, 5) is 0. The van der Waals surface area contributed by atoms with Crippen LogP contribution in [0.15, 0.2) is 23.3 Å². The molecule has 0 aliphatic heterocycles. The van der Waals surface area contributed by atoms with Gasteiger partial charge in [-0.25, -0.2) is 0 Å². The molecule has 0 heterocycles. The van der Waals surface area contributed by atoms with Gasteiger partial charge in [0.1, 0.15) is 0 Å². The van der Waals surface area contributed by atoms with Crippen molar-refractivity contribution in [3.63, 3.8) is 0 Å². The molecular weight excluding hydrogens is 348 g/mol. The summed E-state index contributed by atoms with van der Waals surface area (Å²) >= 11 is 0. The van der Waals surface area contributed by atoms with Crippen LogP contribution in [-0.2, 0) is 4.74 Å². The predicted octanol–water partition coefficient (Wildman–Crippen LogP) is 5.56. The van der Waals surface area contributed by atoms with Crippen molar-refractivity contribution in [2.24, 2.45) is 17.3 Å². The zero-order chi connectivity index (χ0) is 20.4. The van der Waals surface area contributed by atoms with Gasteiger partial charge in [0.2, 0.25) is 0 Å². The van der Waals surface area contributed by atoms with Gasteiger partial charge in [-0.2, -0.15) is 0 Å². The molecule has 0 amide bonds. The van der Waals surface area contributed by atoms with E-state index in [0.29, 0.717) is 30.3 Å². The van der Waals surface area contributed by atoms with Crippen LogP contribution < -0.4 is 0 Å². The molecule has 3 aliphatic rings. The largest absolute Gasteiger partial charge is 0.393 e. The summed E-state index contributed by atoms with van der Waals surface area (Å²) in [5, 5.41) is 19.9. The van der Waals surface area contributed by atoms with Crippen molar-refractivity contribution >= 4 is 0 Å². The van der Waals surface area contributed by atoms with Gasteiger partial charge in [0.05, 0.1) is 17.8 Å². The highest BCUT2D eigenvalue weighted by Gasteiger charge is 2.51. The summed E-state index contributed by atoms with van der Waals surface area (Å²) in [7, 11) is 0. The van der Waals surface area contributed by atoms with Gasteiger partial charge in [-0.15, -0.1) is 0 Å². The second-order valence-electron chi connectivity index (χ2n) is 10.6. The third-order valence-corrected chi connectivity index (χ3v) is 7.77. The predicted molar refractivity (Wildman–Crippen MR) is 115 cm³/mol. The standard InChI is InChI=1S/C25H42O3/c1-18(28-16-15-24(2,3)27)22-12-13-23-20(8-6-14-25(22,23)4)11-10-19-7-5-9-21(26)17-19/h10-11,18,21-23,26-27H,5-9,12-17H2,1-4H3/b19-10+,20-11+/t18-,21+,22+,23-,25+/m0/s1. The van der Waals surface area contributed by atoms with Crippen LogP contribution in [0.5, 0.6) is 0 Å². The number of rotatable bonds is 6. The molecule has 0 aromatic heterocycles. The van der Waals surface area contributed by atoms with Crippen LogP contribution in [0.4, 0.5) is 0 Å². The minimum Gasteiger partial charge on any atom is -0.393 e. The van der Waals surface area contributed by atoms with Crippen LogP contribution in [0.1, 0.15) is 91.9 Å². The first-order valence-corrected chi connectivity index (χ1v) is 11.6. The van der Waals surface area contributed by atoms with E-state index in [1.54, 1.807) is 5.57 Å². The summed E-state index contributed by atoms with van der Waals surface area (Å²) in [5.74, 6) is 1.28. The molecule has 160 valence electrons. The van der Waals surface area contributed by atoms with E-state index in [0.717, 1.165) is 25.7 Å². The van der Waals surface area contributed by atoms with E-state index in [-0.39, 0.29) is 12.2 Å². The van der Waals surface area contributed by atoms with Gasteiger partial charge in [-0.05, 0) is 102 Å². The molecular formula is C25H42O3. The summed E-state index contributed by atoms with van der Waals surface area (Å²) in [5.41, 5.74) is 2.75. The SMILES string of the molecule is C[C@H](OCCC(C)(C)O)[C@H]1CC[C@H]2/C(=C/C=C3\CCC[C@@H](O)C3)CCC[C@]12C. The number of aliphatic hydroxyl groups excluding tert-OH is 1. The maximum atomic E-state index is 9.94. The highest BCUT2D eigenvalue weighted by molar-refractivity contribution is 5.25. The Balaban J connectivity index is 1.65. The van der Waals surface area contributed by atoms with Crippen LogP contribution >= 0.6 is 0 Å². The molecule has 2 N–H and O–H groups in total. The third kappa shape index (κ3) is 5.29. The minimum absolute atomic E-state index is 0.132. The van der Waals surface area contributed by atoms with Crippen LogP contribution in [0.3, 0.4) is 0 Å². The van der Waals surface area contributed by atoms with Gasteiger partial charge in [0, 0.05) is 6.61 Å². The smallest absolute Gasteiger partial charge is 0.0613 e. The van der Waals surface area contributed by atoms with E-state index in [2.05, 4.69) is 26.0 Å². The van der Waals surface area contributed by atoms with Crippen molar-refractivity contribution in [1.29, 1.82) is 0 Å². The maximum absolute atomic E-state index is 9.94. The molecule has 5 atom stereocenters. The number of ether oxygens (including phenoxy) is 1. The van der Waals surface area contributed by atoms with E-state index in [9.17, 15) is 10.2 Å². The summed E-state index contributed by atoms with van der Waals surface area (Å²) in [6.07, 6.45) is 16.0. The van der Waals surface area contributed by atoms with E-state index in [1.165, 1.54) is 37.7 Å². The average Bonchev–Trinajstić information content (AvgIpc) is 2.96. The van der Waals surface area contributed by atoms with Crippen molar-refractivity contribution in [2.75, 3.05) is 6.61 Å². The molecule has 3 aliphatic carbocycles. The van der Waals surface area contributed by atoms with Crippen molar-refractivity contribution in [1.82, 2.24) is 0 Å². The van der Waals surface area contributed by atoms with Gasteiger partial charge in [-0.3, -0.25) is 0 Å². The minimum atomic E-state index is -0.650. The van der Waals surface area contributed by atoms with Gasteiger partial charge in [-0.1, -0.05) is 30.2 Å². The highest BCUT2D eigenvalue weighted by atomic mass is 16.5. The fourth-order valence-electron chi connectivity index (χ4n) is 6.11. The molecule has 0 saturated heterocycles. The topological polar surface area (TPSA) is 49.7 Å². The molecule has 0 aromatic carbocycles. The molecule has 3 nitrogen and oxygen atoms in total. The Hall–Kier alpha value is -0.640. The van der Waals surface area contributed by atoms with Gasteiger partial charge < -0.3 is 14.9 Å². The van der Waals surface area contributed by atoms with E-state index in [4.69, 9.17) is 4.74 Å². The Morgan fingerprint density at radius 2 is 1.96 bits per heavy atom. The number of hydrogen-bond acceptors (Lipinski definition) is 3. The van der Waals surface area contributed by atoms with Crippen molar-refractivity contribution in [2.45, 2.75) is 110 Å². The lowest BCUT2D eigenvalue weighted by Gasteiger charge is -2.44. The number of hydrogen-bond donors (Lipinski definition) is 2. The average molecular weight is 391 g/mol. The summed E-state index contributed by atoms with van der Waals surface area (Å²) in [6.45, 7) is 9.08. The molecule has 3 saturated carbocycles. The molecule has 3 fully saturated rings. The Labute approximate surface area is 172 Å². The third-order valence-electron chi connectivity index (χ3n) is 7.77. The van der Waals surface area contributed by atoms with Gasteiger partial charge >= 0.3 is 0 Å². The molecule has 0 spiro atoms. The molecule has 0 radical (unpaired) electrons. The summed E-state index contributed by atoms with van der Waals surface area (Å²) in [6, 6.07) is 0. The van der Waals surface area contributed by atoms with Crippen molar-refractivity contribution in [3.8, 4) is 0 Å². The van der Waals surface area contributed by atoms with Gasteiger partial charge in [0.15, 0.2) is 0 Å². The quantitative estimate of drug-likeness (QED) is 0.624. The molecule has 3 rings (SSSR count). The second-order valence-corrected chi connectivity index (χ2v) is 10.6. The molecule has 0 bridgehead atoms. The van der Waals surface area contributed by atoms with Crippen molar-refractivity contribution in [3.05, 3.63) is 23.3 Å². The van der Waals surface area contributed by atoms with Gasteiger partial charge in [0.25, 0.3) is 0 Å². The highest BCUT2D eigenvalue weighted by Crippen LogP contribution is 2.58. The van der Waals surface area contributed by atoms with Crippen LogP contribution in [0, 0.1) is 17.3 Å². The first-order chi connectivity index (χ1) is 13.2. The lowest BCUT2D eigenvalue weighted by atomic mass is 9.62. The Morgan fingerprint density at radius 3 is 2.68 bits per heavy atom. The molecule has 0 unspecified atom stereocenters. The monoisotopic (exact) mass is 390 g/mol. The Kier molecular flexibility index (Phi) is 7.10. The molecule has 0 aromatic rings. The van der Waals surface area contributed by atoms with E-state index >= 15 is 0 Å². The molecule has 3 heteroatoms. The molecule has 28 heavy (non-hydrogen) atoms. The normalized spacial score (nSPS) is 38.0. The first kappa shape index (κ1) is 22.1. The summed E-state index contributed by atoms with van der Waals surface area (Å²) < 4.78 is 6.20. The maximum Gasteiger partial charge on any atom is 0.0613 e. The van der Waals surface area contributed by atoms with Crippen LogP contribution in [0.25, 0.3) is 0 Å². The first-order valence-electron chi connectivity index (χ1n) is 11.6. The van der Waals surface area contributed by atoms with Crippen molar-refractivity contribution < 1.29 is 14.9 Å². The number of fused-ring (bicyclic) bond motifs is 1. The lowest BCUT2D eigenvalue weighted by Crippen LogP contribution is -2.39. The lowest BCUT2D eigenvalue weighted by molar-refractivity contribution is -0.0454. The second kappa shape index (κ2) is 9.02.